The van der Waals surface area contributed by atoms with Gasteiger partial charge in [0.15, 0.2) is 12.4 Å². The molecule has 0 radical (unpaired) electrons. The van der Waals surface area contributed by atoms with Gasteiger partial charge in [0.25, 0.3) is 0 Å². The van der Waals surface area contributed by atoms with Gasteiger partial charge in [0, 0.05) is 22.6 Å². The van der Waals surface area contributed by atoms with E-state index < -0.39 is 117 Å². The van der Waals surface area contributed by atoms with Crippen LogP contribution in [-0.4, -0.2) is 115 Å². The number of phosphoric ester groups is 1. The van der Waals surface area contributed by atoms with Crippen molar-refractivity contribution in [3.8, 4) is 0 Å². The second-order valence-corrected chi connectivity index (χ2v) is 35.2. The molecule has 0 aromatic heterocycles. The van der Waals surface area contributed by atoms with Gasteiger partial charge >= 0.3 is 25.7 Å². The summed E-state index contributed by atoms with van der Waals surface area (Å²) in [5.41, 5.74) is 12.1. The summed E-state index contributed by atoms with van der Waals surface area (Å²) in [7, 11) is -4.73. The van der Waals surface area contributed by atoms with E-state index >= 15 is 14.2 Å². The average Bonchev–Trinajstić information content (AvgIpc) is 1.43. The van der Waals surface area contributed by atoms with Crippen molar-refractivity contribution in [2.45, 2.75) is 414 Å². The molecule has 2 saturated heterocycles. The lowest BCUT2D eigenvalue weighted by atomic mass is 9.95. The quantitative estimate of drug-likeness (QED) is 0.00791. The molecule has 21 nitrogen and oxygen atoms in total. The summed E-state index contributed by atoms with van der Waals surface area (Å²) in [5, 5.41) is 19.8. The lowest BCUT2D eigenvalue weighted by molar-refractivity contribution is -0.287. The van der Waals surface area contributed by atoms with Gasteiger partial charge in [-0.1, -0.05) is 366 Å². The third kappa shape index (κ3) is 40.2. The number of thioether (sulfide) groups is 1. The highest BCUT2D eigenvalue weighted by Crippen LogP contribution is 2.55. The van der Waals surface area contributed by atoms with Crippen LogP contribution in [0.2, 0.25) is 0 Å². The van der Waals surface area contributed by atoms with Crippen LogP contribution in [0.1, 0.15) is 332 Å². The number of rotatable bonds is 65. The Morgan fingerprint density at radius 1 is 0.496 bits per heavy atom. The number of phosphoric acid groups is 1. The number of aliphatic hydroxyl groups excluding tert-OH is 1. The van der Waals surface area contributed by atoms with Crippen molar-refractivity contribution in [3.05, 3.63) is 148 Å². The SMILES string of the molecule is CCCCCCCCCCCCCC(=O)O[C@H](CCCCCCCCCCC)CC(=O)O[C@@H]1[C@@H](NC(=O)C[C@@H](CCCCCCCCCCC)OC(=O)CCCCCCCCCCC)[C@H](OC[C@H]2O[C@H](Sc3ccccc3)[C@H](N=[N+]=[N-])[C@@H](O)[C@@H]2OCc2ccccc2)O[C@H](COCc2ccccc2)[C@H]1OP1(=O)OCc2ccccc2CO1. The molecule has 654 valence electrons. The lowest BCUT2D eigenvalue weighted by Gasteiger charge is -2.47. The Bertz CT molecular complexity index is 3350. The normalized spacial score (nSPS) is 20.9. The fourth-order valence-corrected chi connectivity index (χ4v) is 18.1. The van der Waals surface area contributed by atoms with Crippen molar-refractivity contribution in [3.63, 3.8) is 0 Å². The Balaban J connectivity index is 1.28. The fourth-order valence-electron chi connectivity index (χ4n) is 15.6. The van der Waals surface area contributed by atoms with E-state index in [2.05, 4.69) is 43.0 Å². The minimum Gasteiger partial charge on any atom is -0.462 e. The second kappa shape index (κ2) is 60.7. The molecule has 12 atom stereocenters. The number of esters is 3. The first-order valence-electron chi connectivity index (χ1n) is 45.5. The second-order valence-electron chi connectivity index (χ2n) is 32.4. The van der Waals surface area contributed by atoms with E-state index in [1.807, 2.05) is 115 Å². The zero-order valence-corrected chi connectivity index (χ0v) is 73.1. The largest absolute Gasteiger partial charge is 0.475 e. The monoisotopic (exact) mass is 1670 g/mol. The minimum absolute atomic E-state index is 0.00639. The molecule has 2 N–H and O–H groups in total. The van der Waals surface area contributed by atoms with Gasteiger partial charge in [0.1, 0.15) is 54.1 Å². The predicted octanol–water partition coefficient (Wildman–Crippen LogP) is 23.8. The number of hydrogen-bond donors (Lipinski definition) is 2. The summed E-state index contributed by atoms with van der Waals surface area (Å²) < 4.78 is 88.8. The number of carbonyl (C=O) groups is 4. The Labute approximate surface area is 705 Å². The number of hydrogen-bond acceptors (Lipinski definition) is 19. The number of benzene rings is 4. The molecule has 0 bridgehead atoms. The summed E-state index contributed by atoms with van der Waals surface area (Å²) in [5.74, 6) is -2.27. The molecular weight excluding hydrogens is 1520 g/mol. The molecule has 3 aliphatic heterocycles. The maximum absolute atomic E-state index is 15.7. The minimum atomic E-state index is -4.73. The molecule has 0 saturated carbocycles. The van der Waals surface area contributed by atoms with Crippen LogP contribution >= 0.6 is 19.6 Å². The molecule has 4 aromatic carbocycles. The summed E-state index contributed by atoms with van der Waals surface area (Å²) in [6.07, 6.45) is 29.3. The van der Waals surface area contributed by atoms with Crippen molar-refractivity contribution in [2.75, 3.05) is 13.2 Å². The number of nitrogens with zero attached hydrogens (tertiary/aromatic N) is 3. The maximum atomic E-state index is 15.7. The molecule has 0 aliphatic carbocycles. The van der Waals surface area contributed by atoms with Crippen molar-refractivity contribution in [1.29, 1.82) is 0 Å². The van der Waals surface area contributed by atoms with Crippen molar-refractivity contribution in [2.24, 2.45) is 5.11 Å². The standard InChI is InChI=1S/C94H145N4O17PS/c1-5-9-13-17-21-25-26-30-34-38-51-65-85(101)111-79(61-47-36-32-28-23-19-15-11-7-3)67-86(102)114-92-88(96-83(99)66-78(60-46-35-31-27-22-18-14-10-6-2)110-84(100)64-50-37-33-29-24-20-16-12-8-4)93(112-81(72-105-68-74-54-42-39-43-55-74)91(92)115-116(104)108-70-76-58-52-53-59-77(76)71-109-116)107-73-82-90(106-69-75-56-44-40-45-57-75)89(103)87(97-98-95)94(113-82)117-80-62-48-41-49-63-80/h39-45,48-49,52-59,62-63,78-79,81-82,87-94,103H,5-38,46-47,50-51,60-61,64-73H2,1-4H3,(H,96,99)/t78-,79-,81-,82-,87-,88-,89-,90-,91-,92-,93-,94-/m1/s1. The summed E-state index contributed by atoms with van der Waals surface area (Å²) >= 11 is 1.24. The van der Waals surface area contributed by atoms with Gasteiger partial charge in [-0.25, -0.2) is 4.57 Å². The molecule has 3 aliphatic rings. The fraction of sp³-hybridized carbons (Fsp3) is 0.702. The smallest absolute Gasteiger partial charge is 0.462 e. The van der Waals surface area contributed by atoms with E-state index in [0.717, 1.165) is 119 Å². The van der Waals surface area contributed by atoms with Crippen molar-refractivity contribution >= 4 is 43.4 Å². The number of nitrogens with one attached hydrogen (secondary N) is 1. The topological polar surface area (TPSA) is 268 Å². The van der Waals surface area contributed by atoms with E-state index in [0.29, 0.717) is 49.7 Å². The number of fused-ring (bicyclic) bond motifs is 1. The average molecular weight is 1670 g/mol. The van der Waals surface area contributed by atoms with E-state index in [4.69, 9.17) is 51.5 Å². The molecule has 3 heterocycles. The molecule has 23 heteroatoms. The first-order valence-corrected chi connectivity index (χ1v) is 47.8. The van der Waals surface area contributed by atoms with Gasteiger partial charge < -0.3 is 48.3 Å². The van der Waals surface area contributed by atoms with E-state index in [-0.39, 0.29) is 52.3 Å². The van der Waals surface area contributed by atoms with Gasteiger partial charge in [-0.2, -0.15) is 0 Å². The van der Waals surface area contributed by atoms with Crippen molar-refractivity contribution < 1.29 is 80.3 Å². The Morgan fingerprint density at radius 2 is 0.915 bits per heavy atom. The van der Waals surface area contributed by atoms with E-state index in [9.17, 15) is 20.2 Å². The van der Waals surface area contributed by atoms with Gasteiger partial charge in [0.2, 0.25) is 5.91 Å². The molecule has 117 heavy (non-hydrogen) atoms. The molecule has 0 unspecified atom stereocenters. The first kappa shape index (κ1) is 98.4. The number of carbonyl (C=O) groups excluding carboxylic acids is 4. The summed E-state index contributed by atoms with van der Waals surface area (Å²) in [6, 6.07) is 32.8. The Kier molecular flexibility index (Phi) is 51.1. The highest BCUT2D eigenvalue weighted by molar-refractivity contribution is 7.99. The highest BCUT2D eigenvalue weighted by Gasteiger charge is 2.55. The zero-order valence-electron chi connectivity index (χ0n) is 71.4. The summed E-state index contributed by atoms with van der Waals surface area (Å²) in [4.78, 5) is 63.6. The van der Waals surface area contributed by atoms with Gasteiger partial charge in [-0.15, -0.1) is 0 Å². The number of amides is 1. The molecule has 4 aromatic rings. The molecule has 0 spiro atoms. The van der Waals surface area contributed by atoms with Crippen LogP contribution in [0.5, 0.6) is 0 Å². The van der Waals surface area contributed by atoms with E-state index in [1.54, 1.807) is 0 Å². The molecule has 7 rings (SSSR count). The first-order chi connectivity index (χ1) is 57.3. The van der Waals surface area contributed by atoms with Crippen LogP contribution in [-0.2, 0) is 102 Å². The van der Waals surface area contributed by atoms with Crippen LogP contribution in [0.25, 0.3) is 10.4 Å². The molecule has 2 fully saturated rings. The number of azide groups is 1. The van der Waals surface area contributed by atoms with Gasteiger partial charge in [-0.3, -0.25) is 32.7 Å². The van der Waals surface area contributed by atoms with Crippen LogP contribution < -0.4 is 5.32 Å². The van der Waals surface area contributed by atoms with Crippen LogP contribution in [0.15, 0.2) is 125 Å². The number of aliphatic hydroxyl groups is 1. The number of unbranched alkanes of at least 4 members (excludes halogenated alkanes) is 34. The van der Waals surface area contributed by atoms with E-state index in [1.165, 1.54) is 127 Å². The van der Waals surface area contributed by atoms with Crippen LogP contribution in [0.4, 0.5) is 0 Å². The highest BCUT2D eigenvalue weighted by atomic mass is 32.2. The summed E-state index contributed by atoms with van der Waals surface area (Å²) in [6.45, 7) is 7.84. The maximum Gasteiger partial charge on any atom is 0.475 e. The third-order valence-corrected chi connectivity index (χ3v) is 25.0. The third-order valence-electron chi connectivity index (χ3n) is 22.4. The molecule has 1 amide bonds. The predicted molar refractivity (Wildman–Crippen MR) is 462 cm³/mol. The van der Waals surface area contributed by atoms with Gasteiger partial charge in [-0.05, 0) is 78.4 Å². The zero-order chi connectivity index (χ0) is 83.0. The van der Waals surface area contributed by atoms with Crippen molar-refractivity contribution in [1.82, 2.24) is 5.32 Å². The van der Waals surface area contributed by atoms with Gasteiger partial charge in [0.05, 0.1) is 58.6 Å². The Morgan fingerprint density at radius 3 is 1.38 bits per heavy atom. The number of ether oxygens (including phenoxy) is 8. The molecular formula is C94H145N4O17PS. The Hall–Kier alpha value is -5.71. The van der Waals surface area contributed by atoms with Crippen LogP contribution in [0, 0.1) is 0 Å². The van der Waals surface area contributed by atoms with Crippen LogP contribution in [0.3, 0.4) is 0 Å². The lowest BCUT2D eigenvalue weighted by Crippen LogP contribution is -2.67.